The van der Waals surface area contributed by atoms with Gasteiger partial charge in [-0.15, -0.1) is 10.2 Å². The Morgan fingerprint density at radius 1 is 1.20 bits per heavy atom. The molecule has 3 aromatic rings. The van der Waals surface area contributed by atoms with E-state index in [4.69, 9.17) is 9.15 Å². The van der Waals surface area contributed by atoms with Gasteiger partial charge in [-0.25, -0.2) is 0 Å². The van der Waals surface area contributed by atoms with E-state index in [2.05, 4.69) is 48.4 Å². The van der Waals surface area contributed by atoms with Gasteiger partial charge >= 0.3 is 0 Å². The van der Waals surface area contributed by atoms with Gasteiger partial charge in [0.2, 0.25) is 5.13 Å². The lowest BCUT2D eigenvalue weighted by Crippen LogP contribution is -2.10. The molecule has 0 radical (unpaired) electrons. The van der Waals surface area contributed by atoms with E-state index >= 15 is 0 Å². The van der Waals surface area contributed by atoms with Crippen LogP contribution in [-0.2, 0) is 12.0 Å². The molecule has 0 saturated carbocycles. The Labute approximate surface area is 149 Å². The molecule has 0 fully saturated rings. The molecule has 0 aliphatic rings. The maximum Gasteiger partial charge on any atom is 0.293 e. The Kier molecular flexibility index (Phi) is 4.85. The lowest BCUT2D eigenvalue weighted by molar-refractivity contribution is 0.0996. The number of anilines is 1. The first-order valence-corrected chi connectivity index (χ1v) is 8.64. The van der Waals surface area contributed by atoms with Crippen LogP contribution in [0.2, 0.25) is 0 Å². The van der Waals surface area contributed by atoms with Crippen LogP contribution in [-0.4, -0.2) is 16.1 Å². The van der Waals surface area contributed by atoms with Crippen LogP contribution >= 0.6 is 11.3 Å². The van der Waals surface area contributed by atoms with Gasteiger partial charge in [0.15, 0.2) is 10.8 Å². The smallest absolute Gasteiger partial charge is 0.293 e. The zero-order valence-electron chi connectivity index (χ0n) is 14.3. The number of carbonyl (C=O) groups excluding carboxylic acids is 1. The molecule has 0 saturated heterocycles. The Bertz CT molecular complexity index is 833. The summed E-state index contributed by atoms with van der Waals surface area (Å²) in [6.07, 6.45) is 1.44. The predicted octanol–water partition coefficient (Wildman–Crippen LogP) is 4.26. The van der Waals surface area contributed by atoms with Gasteiger partial charge in [-0.05, 0) is 35.2 Å². The maximum atomic E-state index is 11.9. The van der Waals surface area contributed by atoms with Crippen molar-refractivity contribution < 1.29 is 13.9 Å². The van der Waals surface area contributed by atoms with Crippen LogP contribution in [0.5, 0.6) is 5.75 Å². The van der Waals surface area contributed by atoms with Gasteiger partial charge in [0, 0.05) is 0 Å². The van der Waals surface area contributed by atoms with Gasteiger partial charge in [-0.2, -0.15) is 0 Å². The molecule has 2 aromatic heterocycles. The number of nitrogens with one attached hydrogen (secondary N) is 1. The van der Waals surface area contributed by atoms with Crippen LogP contribution in [0.25, 0.3) is 0 Å². The van der Waals surface area contributed by atoms with Crippen LogP contribution in [0.4, 0.5) is 5.13 Å². The molecular formula is C18H19N3O3S. The van der Waals surface area contributed by atoms with E-state index in [1.54, 1.807) is 12.1 Å². The second-order valence-electron chi connectivity index (χ2n) is 6.50. The van der Waals surface area contributed by atoms with Gasteiger partial charge in [-0.1, -0.05) is 44.2 Å². The summed E-state index contributed by atoms with van der Waals surface area (Å²) < 4.78 is 10.8. The van der Waals surface area contributed by atoms with Gasteiger partial charge < -0.3 is 9.15 Å². The highest BCUT2D eigenvalue weighted by Crippen LogP contribution is 2.25. The lowest BCUT2D eigenvalue weighted by atomic mass is 9.87. The fraction of sp³-hybridized carbons (Fsp3) is 0.278. The SMILES string of the molecule is CC(C)(C)c1ccc(OCc2nnc(NC(=O)c3ccco3)s2)cc1. The molecule has 2 heterocycles. The van der Waals surface area contributed by atoms with E-state index in [0.717, 1.165) is 5.75 Å². The van der Waals surface area contributed by atoms with Crippen molar-refractivity contribution in [3.63, 3.8) is 0 Å². The number of aromatic nitrogens is 2. The van der Waals surface area contributed by atoms with E-state index in [0.29, 0.717) is 16.7 Å². The molecule has 0 atom stereocenters. The molecule has 1 N–H and O–H groups in total. The summed E-state index contributed by atoms with van der Waals surface area (Å²) in [5.41, 5.74) is 1.36. The first-order chi connectivity index (χ1) is 11.9. The number of amides is 1. The normalized spacial score (nSPS) is 11.3. The molecule has 3 rings (SSSR count). The Morgan fingerprint density at radius 3 is 2.60 bits per heavy atom. The van der Waals surface area contributed by atoms with Crippen LogP contribution in [0.15, 0.2) is 47.1 Å². The van der Waals surface area contributed by atoms with Crippen molar-refractivity contribution in [2.24, 2.45) is 0 Å². The van der Waals surface area contributed by atoms with E-state index in [-0.39, 0.29) is 17.1 Å². The summed E-state index contributed by atoms with van der Waals surface area (Å²) in [7, 11) is 0. The number of ether oxygens (including phenoxy) is 1. The summed E-state index contributed by atoms with van der Waals surface area (Å²) in [5.74, 6) is 0.641. The van der Waals surface area contributed by atoms with Crippen molar-refractivity contribution in [2.75, 3.05) is 5.32 Å². The van der Waals surface area contributed by atoms with Gasteiger partial charge in [-0.3, -0.25) is 10.1 Å². The number of hydrogen-bond donors (Lipinski definition) is 1. The molecule has 1 amide bonds. The zero-order chi connectivity index (χ0) is 17.9. The molecular weight excluding hydrogens is 338 g/mol. The molecule has 0 aliphatic carbocycles. The molecule has 6 nitrogen and oxygen atoms in total. The van der Waals surface area contributed by atoms with E-state index in [1.807, 2.05) is 12.1 Å². The fourth-order valence-electron chi connectivity index (χ4n) is 2.13. The van der Waals surface area contributed by atoms with Crippen molar-refractivity contribution in [3.05, 3.63) is 59.0 Å². The van der Waals surface area contributed by atoms with Crippen molar-refractivity contribution in [1.29, 1.82) is 0 Å². The quantitative estimate of drug-likeness (QED) is 0.738. The highest BCUT2D eigenvalue weighted by atomic mass is 32.1. The topological polar surface area (TPSA) is 77.3 Å². The average Bonchev–Trinajstić information content (AvgIpc) is 3.24. The highest BCUT2D eigenvalue weighted by Gasteiger charge is 2.14. The minimum Gasteiger partial charge on any atom is -0.486 e. The number of rotatable bonds is 5. The fourth-order valence-corrected chi connectivity index (χ4v) is 2.77. The molecule has 0 aliphatic heterocycles. The molecule has 25 heavy (non-hydrogen) atoms. The van der Waals surface area contributed by atoms with Crippen LogP contribution in [0.3, 0.4) is 0 Å². The third-order valence-electron chi connectivity index (χ3n) is 3.51. The minimum absolute atomic E-state index is 0.110. The average molecular weight is 357 g/mol. The third kappa shape index (κ3) is 4.45. The summed E-state index contributed by atoms with van der Waals surface area (Å²) in [4.78, 5) is 11.9. The summed E-state index contributed by atoms with van der Waals surface area (Å²) in [5, 5.41) is 11.7. The van der Waals surface area contributed by atoms with E-state index in [9.17, 15) is 4.79 Å². The first-order valence-electron chi connectivity index (χ1n) is 7.82. The van der Waals surface area contributed by atoms with E-state index < -0.39 is 0 Å². The van der Waals surface area contributed by atoms with Crippen molar-refractivity contribution >= 4 is 22.4 Å². The van der Waals surface area contributed by atoms with Crippen molar-refractivity contribution in [1.82, 2.24) is 10.2 Å². The molecule has 130 valence electrons. The van der Waals surface area contributed by atoms with Crippen LogP contribution in [0.1, 0.15) is 41.9 Å². The molecule has 0 spiro atoms. The number of carbonyl (C=O) groups is 1. The van der Waals surface area contributed by atoms with Crippen LogP contribution < -0.4 is 10.1 Å². The van der Waals surface area contributed by atoms with Gasteiger partial charge in [0.05, 0.1) is 6.26 Å². The molecule has 1 aromatic carbocycles. The van der Waals surface area contributed by atoms with Crippen molar-refractivity contribution in [3.8, 4) is 5.75 Å². The second kappa shape index (κ2) is 7.06. The number of hydrogen-bond acceptors (Lipinski definition) is 6. The number of nitrogens with zero attached hydrogens (tertiary/aromatic N) is 2. The van der Waals surface area contributed by atoms with Gasteiger partial charge in [0.1, 0.15) is 12.4 Å². The first kappa shape index (κ1) is 17.2. The summed E-state index contributed by atoms with van der Waals surface area (Å²) in [6, 6.07) is 11.2. The second-order valence-corrected chi connectivity index (χ2v) is 7.56. The Hall–Kier alpha value is -2.67. The number of benzene rings is 1. The van der Waals surface area contributed by atoms with Crippen molar-refractivity contribution in [2.45, 2.75) is 32.8 Å². The maximum absolute atomic E-state index is 11.9. The Balaban J connectivity index is 1.56. The third-order valence-corrected chi connectivity index (χ3v) is 4.33. The standard InChI is InChI=1S/C18H19N3O3S/c1-18(2,3)12-6-8-13(9-7-12)24-11-15-20-21-17(25-15)19-16(22)14-5-4-10-23-14/h4-10H,11H2,1-3H3,(H,19,21,22). The van der Waals surface area contributed by atoms with Gasteiger partial charge in [0.25, 0.3) is 5.91 Å². The summed E-state index contributed by atoms with van der Waals surface area (Å²) >= 11 is 1.26. The minimum atomic E-state index is -0.355. The largest absolute Gasteiger partial charge is 0.486 e. The molecule has 7 heteroatoms. The Morgan fingerprint density at radius 2 is 1.96 bits per heavy atom. The van der Waals surface area contributed by atoms with Crippen LogP contribution in [0, 0.1) is 0 Å². The monoisotopic (exact) mass is 357 g/mol. The zero-order valence-corrected chi connectivity index (χ0v) is 15.1. The molecule has 0 unspecified atom stereocenters. The lowest BCUT2D eigenvalue weighted by Gasteiger charge is -2.19. The summed E-state index contributed by atoms with van der Waals surface area (Å²) in [6.45, 7) is 6.80. The highest BCUT2D eigenvalue weighted by molar-refractivity contribution is 7.15. The van der Waals surface area contributed by atoms with E-state index in [1.165, 1.54) is 23.2 Å². The predicted molar refractivity (Wildman–Crippen MR) is 96.0 cm³/mol. The molecule has 0 bridgehead atoms. The number of furan rings is 1.